The van der Waals surface area contributed by atoms with E-state index >= 15 is 0 Å². The number of phenolic OH excluding ortho intramolecular Hbond substituents is 1. The first-order valence-corrected chi connectivity index (χ1v) is 7.28. The fourth-order valence-corrected chi connectivity index (χ4v) is 2.94. The van der Waals surface area contributed by atoms with E-state index in [0.717, 1.165) is 0 Å². The van der Waals surface area contributed by atoms with Crippen molar-refractivity contribution in [3.05, 3.63) is 28.8 Å². The molecule has 0 radical (unpaired) electrons. The fraction of sp³-hybridized carbons (Fsp3) is 0.467. The highest BCUT2D eigenvalue weighted by atomic mass is 35.5. The molecule has 6 heteroatoms. The molecule has 0 aliphatic carbocycles. The van der Waals surface area contributed by atoms with Gasteiger partial charge in [-0.25, -0.2) is 0 Å². The third-order valence-electron chi connectivity index (χ3n) is 4.18. The van der Waals surface area contributed by atoms with E-state index in [1.165, 1.54) is 23.1 Å². The largest absolute Gasteiger partial charge is 0.507 e. The van der Waals surface area contributed by atoms with E-state index < -0.39 is 11.4 Å². The second-order valence-electron chi connectivity index (χ2n) is 5.43. The Morgan fingerprint density at radius 3 is 2.71 bits per heavy atom. The van der Waals surface area contributed by atoms with Crippen LogP contribution in [-0.4, -0.2) is 40.1 Å². The van der Waals surface area contributed by atoms with Gasteiger partial charge >= 0.3 is 5.97 Å². The van der Waals surface area contributed by atoms with Crippen LogP contribution in [0.1, 0.15) is 36.5 Å². The zero-order chi connectivity index (χ0) is 15.6. The number of aromatic hydroxyl groups is 1. The topological polar surface area (TPSA) is 77.8 Å². The van der Waals surface area contributed by atoms with Crippen LogP contribution in [0.3, 0.4) is 0 Å². The van der Waals surface area contributed by atoms with Crippen molar-refractivity contribution >= 4 is 23.5 Å². The molecule has 0 spiro atoms. The lowest BCUT2D eigenvalue weighted by molar-refractivity contribution is -0.152. The predicted octanol–water partition coefficient (Wildman–Crippen LogP) is 2.76. The molecule has 114 valence electrons. The van der Waals surface area contributed by atoms with Crippen molar-refractivity contribution in [3.63, 3.8) is 0 Å². The average molecular weight is 312 g/mol. The van der Waals surface area contributed by atoms with Gasteiger partial charge in [-0.3, -0.25) is 9.59 Å². The van der Waals surface area contributed by atoms with Crippen LogP contribution < -0.4 is 0 Å². The normalized spacial score (nSPS) is 22.1. The number of amides is 1. The molecular formula is C15H18ClNO4. The number of hydrogen-bond acceptors (Lipinski definition) is 3. The minimum Gasteiger partial charge on any atom is -0.507 e. The number of carboxylic acids is 1. The Kier molecular flexibility index (Phi) is 4.42. The minimum absolute atomic E-state index is 0.150. The Bertz CT molecular complexity index is 575. The number of hydrogen-bond donors (Lipinski definition) is 2. The summed E-state index contributed by atoms with van der Waals surface area (Å²) in [6, 6.07) is 4.30. The predicted molar refractivity (Wildman–Crippen MR) is 78.6 cm³/mol. The maximum atomic E-state index is 12.5. The standard InChI is InChI=1S/C15H18ClNO4/c1-2-15(14(20)21)6-3-7-17(9-15)13(19)11-5-4-10(16)8-12(11)18/h4-5,8,18H,2-3,6-7,9H2,1H3,(H,20,21)/t15-/m0/s1. The molecule has 0 saturated carbocycles. The third-order valence-corrected chi connectivity index (χ3v) is 4.42. The molecule has 21 heavy (non-hydrogen) atoms. The quantitative estimate of drug-likeness (QED) is 0.899. The van der Waals surface area contributed by atoms with E-state index in [9.17, 15) is 19.8 Å². The monoisotopic (exact) mass is 311 g/mol. The Labute approximate surface area is 128 Å². The zero-order valence-corrected chi connectivity index (χ0v) is 12.6. The Hall–Kier alpha value is -1.75. The van der Waals surface area contributed by atoms with Gasteiger partial charge in [-0.1, -0.05) is 18.5 Å². The SMILES string of the molecule is CC[C@]1(C(=O)O)CCCN(C(=O)c2ccc(Cl)cc2O)C1. The van der Waals surface area contributed by atoms with Crippen molar-refractivity contribution in [2.75, 3.05) is 13.1 Å². The Balaban J connectivity index is 2.25. The highest BCUT2D eigenvalue weighted by molar-refractivity contribution is 6.30. The first-order valence-electron chi connectivity index (χ1n) is 6.91. The molecule has 1 fully saturated rings. The number of aliphatic carboxylic acids is 1. The van der Waals surface area contributed by atoms with Gasteiger partial charge in [-0.2, -0.15) is 0 Å². The number of benzene rings is 1. The first-order chi connectivity index (χ1) is 9.89. The minimum atomic E-state index is -0.893. The van der Waals surface area contributed by atoms with Crippen molar-refractivity contribution in [1.29, 1.82) is 0 Å². The van der Waals surface area contributed by atoms with Gasteiger partial charge in [-0.05, 0) is 37.5 Å². The van der Waals surface area contributed by atoms with Gasteiger partial charge in [0.25, 0.3) is 5.91 Å². The number of carboxylic acid groups (broad SMARTS) is 1. The summed E-state index contributed by atoms with van der Waals surface area (Å²) in [5, 5.41) is 19.6. The summed E-state index contributed by atoms with van der Waals surface area (Å²) >= 11 is 5.75. The average Bonchev–Trinajstić information content (AvgIpc) is 2.46. The second kappa shape index (κ2) is 5.93. The summed E-state index contributed by atoms with van der Waals surface area (Å²) in [6.45, 7) is 2.48. The number of rotatable bonds is 3. The molecule has 0 unspecified atom stereocenters. The van der Waals surface area contributed by atoms with E-state index in [4.69, 9.17) is 11.6 Å². The summed E-state index contributed by atoms with van der Waals surface area (Å²) in [4.78, 5) is 25.5. The van der Waals surface area contributed by atoms with Crippen LogP contribution in [0.15, 0.2) is 18.2 Å². The van der Waals surface area contributed by atoms with Crippen LogP contribution in [0.2, 0.25) is 5.02 Å². The van der Waals surface area contributed by atoms with E-state index in [1.54, 1.807) is 0 Å². The maximum absolute atomic E-state index is 12.5. The van der Waals surface area contributed by atoms with Crippen LogP contribution >= 0.6 is 11.6 Å². The first kappa shape index (κ1) is 15.6. The highest BCUT2D eigenvalue weighted by Gasteiger charge is 2.42. The van der Waals surface area contributed by atoms with Crippen molar-refractivity contribution < 1.29 is 19.8 Å². The lowest BCUT2D eigenvalue weighted by atomic mass is 9.77. The van der Waals surface area contributed by atoms with Gasteiger partial charge in [0.2, 0.25) is 0 Å². The number of carbonyl (C=O) groups is 2. The molecule has 0 aromatic heterocycles. The molecule has 1 heterocycles. The molecule has 0 bridgehead atoms. The van der Waals surface area contributed by atoms with Gasteiger partial charge in [0.1, 0.15) is 5.75 Å². The van der Waals surface area contributed by atoms with E-state index in [2.05, 4.69) is 0 Å². The summed E-state index contributed by atoms with van der Waals surface area (Å²) in [6.07, 6.45) is 1.67. The van der Waals surface area contributed by atoms with Crippen LogP contribution in [0.5, 0.6) is 5.75 Å². The molecule has 1 amide bonds. The molecule has 1 aromatic carbocycles. The summed E-state index contributed by atoms with van der Waals surface area (Å²) in [5.74, 6) is -1.42. The van der Waals surface area contributed by atoms with Crippen LogP contribution in [0.25, 0.3) is 0 Å². The van der Waals surface area contributed by atoms with Crippen LogP contribution in [-0.2, 0) is 4.79 Å². The second-order valence-corrected chi connectivity index (χ2v) is 5.87. The van der Waals surface area contributed by atoms with Crippen molar-refractivity contribution in [2.24, 2.45) is 5.41 Å². The smallest absolute Gasteiger partial charge is 0.311 e. The number of likely N-dealkylation sites (tertiary alicyclic amines) is 1. The molecular weight excluding hydrogens is 294 g/mol. The van der Waals surface area contributed by atoms with Crippen molar-refractivity contribution in [1.82, 2.24) is 4.90 Å². The Morgan fingerprint density at radius 2 is 2.14 bits per heavy atom. The number of phenols is 1. The zero-order valence-electron chi connectivity index (χ0n) is 11.8. The molecule has 1 aliphatic rings. The number of piperidine rings is 1. The molecule has 1 aliphatic heterocycles. The number of nitrogens with zero attached hydrogens (tertiary/aromatic N) is 1. The number of carbonyl (C=O) groups excluding carboxylic acids is 1. The lowest BCUT2D eigenvalue weighted by Gasteiger charge is -2.39. The van der Waals surface area contributed by atoms with Gasteiger partial charge in [0.15, 0.2) is 0 Å². The van der Waals surface area contributed by atoms with Crippen molar-refractivity contribution in [3.8, 4) is 5.75 Å². The maximum Gasteiger partial charge on any atom is 0.311 e. The van der Waals surface area contributed by atoms with Gasteiger partial charge in [0.05, 0.1) is 11.0 Å². The molecule has 2 N–H and O–H groups in total. The van der Waals surface area contributed by atoms with Crippen molar-refractivity contribution in [2.45, 2.75) is 26.2 Å². The number of halogens is 1. The molecule has 1 aromatic rings. The lowest BCUT2D eigenvalue weighted by Crippen LogP contribution is -2.49. The van der Waals surface area contributed by atoms with Gasteiger partial charge in [0, 0.05) is 18.1 Å². The molecule has 1 saturated heterocycles. The fourth-order valence-electron chi connectivity index (χ4n) is 2.78. The summed E-state index contributed by atoms with van der Waals surface area (Å²) < 4.78 is 0. The third kappa shape index (κ3) is 2.97. The summed E-state index contributed by atoms with van der Waals surface area (Å²) in [7, 11) is 0. The van der Waals surface area contributed by atoms with E-state index in [1.807, 2.05) is 6.92 Å². The highest BCUT2D eigenvalue weighted by Crippen LogP contribution is 2.35. The Morgan fingerprint density at radius 1 is 1.43 bits per heavy atom. The van der Waals surface area contributed by atoms with Gasteiger partial charge in [-0.15, -0.1) is 0 Å². The summed E-state index contributed by atoms with van der Waals surface area (Å²) in [5.41, 5.74) is -0.743. The van der Waals surface area contributed by atoms with Crippen LogP contribution in [0, 0.1) is 5.41 Å². The van der Waals surface area contributed by atoms with E-state index in [-0.39, 0.29) is 23.8 Å². The molecule has 2 rings (SSSR count). The van der Waals surface area contributed by atoms with E-state index in [0.29, 0.717) is 30.8 Å². The van der Waals surface area contributed by atoms with Gasteiger partial charge < -0.3 is 15.1 Å². The van der Waals surface area contributed by atoms with Crippen LogP contribution in [0.4, 0.5) is 0 Å². The molecule has 5 nitrogen and oxygen atoms in total. The molecule has 1 atom stereocenters.